The summed E-state index contributed by atoms with van der Waals surface area (Å²) in [5, 5.41) is 35.8. The minimum absolute atomic E-state index is 0.487. The summed E-state index contributed by atoms with van der Waals surface area (Å²) in [6.45, 7) is -2.17. The third-order valence-corrected chi connectivity index (χ3v) is 1.50. The van der Waals surface area contributed by atoms with Crippen LogP contribution in [-0.2, 0) is 4.74 Å². The van der Waals surface area contributed by atoms with Crippen LogP contribution in [-0.4, -0.2) is 47.9 Å². The second kappa shape index (κ2) is 4.91. The van der Waals surface area contributed by atoms with Gasteiger partial charge >= 0.3 is 0 Å². The van der Waals surface area contributed by atoms with E-state index in [4.69, 9.17) is 15.3 Å². The summed E-state index contributed by atoms with van der Waals surface area (Å²) < 4.78 is 4.01. The number of carboxylic acid groups (broad SMARTS) is 1. The molecule has 0 saturated carbocycles. The Hall–Kier alpha value is -0.850. The second-order valence-corrected chi connectivity index (χ2v) is 2.51. The lowest BCUT2D eigenvalue weighted by atomic mass is 9.93. The fourth-order valence-electron chi connectivity index (χ4n) is 0.499. The van der Waals surface area contributed by atoms with Gasteiger partial charge in [0.25, 0.3) is 6.16 Å². The van der Waals surface area contributed by atoms with E-state index in [2.05, 4.69) is 4.74 Å². The van der Waals surface area contributed by atoms with E-state index in [-0.39, 0.29) is 0 Å². The first kappa shape index (κ1) is 11.2. The van der Waals surface area contributed by atoms with Gasteiger partial charge in [-0.25, -0.2) is 0 Å². The molecule has 0 amide bonds. The molecule has 0 atom stereocenters. The zero-order valence-corrected chi connectivity index (χ0v) is 6.39. The van der Waals surface area contributed by atoms with Gasteiger partial charge in [-0.2, -0.15) is 0 Å². The molecule has 6 nitrogen and oxygen atoms in total. The molecular weight excluding hydrogens is 168 g/mol. The van der Waals surface area contributed by atoms with Gasteiger partial charge in [0.1, 0.15) is 0 Å². The van der Waals surface area contributed by atoms with Gasteiger partial charge in [-0.05, 0) is 0 Å². The molecule has 3 N–H and O–H groups in total. The molecular formula is C6H11O6-. The predicted octanol–water partition coefficient (Wildman–Crippen LogP) is -2.69. The van der Waals surface area contributed by atoms with Crippen molar-refractivity contribution in [1.82, 2.24) is 0 Å². The first-order valence-electron chi connectivity index (χ1n) is 3.26. The summed E-state index contributed by atoms with van der Waals surface area (Å²) >= 11 is 0. The van der Waals surface area contributed by atoms with Crippen LogP contribution in [0.4, 0.5) is 4.79 Å². The summed E-state index contributed by atoms with van der Waals surface area (Å²) in [7, 11) is 0. The minimum atomic E-state index is -1.75. The predicted molar refractivity (Wildman–Crippen MR) is 35.0 cm³/mol. The minimum Gasteiger partial charge on any atom is -0.549 e. The highest BCUT2D eigenvalue weighted by Gasteiger charge is 2.27. The molecule has 0 aliphatic carbocycles. The molecule has 12 heavy (non-hydrogen) atoms. The maximum absolute atomic E-state index is 9.82. The van der Waals surface area contributed by atoms with Crippen LogP contribution in [0.25, 0.3) is 0 Å². The Kier molecular flexibility index (Phi) is 4.57. The van der Waals surface area contributed by atoms with Gasteiger partial charge in [0.2, 0.25) is 0 Å². The lowest BCUT2D eigenvalue weighted by molar-refractivity contribution is -0.286. The van der Waals surface area contributed by atoms with E-state index in [1.807, 2.05) is 0 Å². The van der Waals surface area contributed by atoms with Gasteiger partial charge in [-0.15, -0.1) is 0 Å². The molecule has 6 heteroatoms. The Bertz CT molecular complexity index is 133. The molecule has 0 unspecified atom stereocenters. The van der Waals surface area contributed by atoms with Crippen LogP contribution in [0.5, 0.6) is 0 Å². The molecule has 0 heterocycles. The van der Waals surface area contributed by atoms with E-state index in [0.29, 0.717) is 0 Å². The lowest BCUT2D eigenvalue weighted by Crippen LogP contribution is -2.41. The van der Waals surface area contributed by atoms with Crippen molar-refractivity contribution in [2.75, 3.05) is 26.4 Å². The van der Waals surface area contributed by atoms with Crippen LogP contribution in [0.3, 0.4) is 0 Å². The molecule has 0 aliphatic rings. The van der Waals surface area contributed by atoms with Gasteiger partial charge in [-0.3, -0.25) is 0 Å². The van der Waals surface area contributed by atoms with Gasteiger partial charge in [0.05, 0.1) is 25.2 Å². The van der Waals surface area contributed by atoms with Crippen molar-refractivity contribution < 1.29 is 30.0 Å². The summed E-state index contributed by atoms with van der Waals surface area (Å²) in [5.41, 5.74) is -1.32. The topological polar surface area (TPSA) is 110 Å². The number of aliphatic hydroxyl groups excluding tert-OH is 3. The molecule has 0 aromatic carbocycles. The zero-order chi connectivity index (χ0) is 9.61. The number of hydrogen-bond donors (Lipinski definition) is 3. The maximum Gasteiger partial charge on any atom is 0.252 e. The number of aliphatic hydroxyl groups is 3. The summed E-state index contributed by atoms with van der Waals surface area (Å²) in [6, 6.07) is 0. The van der Waals surface area contributed by atoms with Crippen LogP contribution in [0.15, 0.2) is 0 Å². The first-order chi connectivity index (χ1) is 5.60. The molecule has 0 spiro atoms. The van der Waals surface area contributed by atoms with Crippen molar-refractivity contribution in [2.24, 2.45) is 5.41 Å². The highest BCUT2D eigenvalue weighted by Crippen LogP contribution is 2.14. The maximum atomic E-state index is 9.82. The fraction of sp³-hybridized carbons (Fsp3) is 0.833. The molecule has 0 radical (unpaired) electrons. The van der Waals surface area contributed by atoms with Gasteiger partial charge in [-0.1, -0.05) is 0 Å². The molecule has 0 saturated heterocycles. The molecule has 0 aliphatic heterocycles. The van der Waals surface area contributed by atoms with E-state index in [1.165, 1.54) is 0 Å². The monoisotopic (exact) mass is 179 g/mol. The normalized spacial score (nSPS) is 11.2. The third kappa shape index (κ3) is 3.04. The largest absolute Gasteiger partial charge is 0.549 e. The van der Waals surface area contributed by atoms with Crippen molar-refractivity contribution in [3.63, 3.8) is 0 Å². The zero-order valence-electron chi connectivity index (χ0n) is 6.39. The number of ether oxygens (including phenoxy) is 1. The fourth-order valence-corrected chi connectivity index (χ4v) is 0.499. The summed E-state index contributed by atoms with van der Waals surface area (Å²) in [4.78, 5) is 9.82. The van der Waals surface area contributed by atoms with Crippen molar-refractivity contribution in [1.29, 1.82) is 0 Å². The van der Waals surface area contributed by atoms with Crippen molar-refractivity contribution in [2.45, 2.75) is 0 Å². The highest BCUT2D eigenvalue weighted by atomic mass is 16.7. The lowest BCUT2D eigenvalue weighted by Gasteiger charge is -2.28. The number of hydrogen-bond acceptors (Lipinski definition) is 6. The van der Waals surface area contributed by atoms with Crippen LogP contribution >= 0.6 is 0 Å². The van der Waals surface area contributed by atoms with Crippen LogP contribution in [0.1, 0.15) is 0 Å². The average molecular weight is 179 g/mol. The number of rotatable bonds is 5. The second-order valence-electron chi connectivity index (χ2n) is 2.51. The molecule has 0 aromatic heterocycles. The first-order valence-corrected chi connectivity index (χ1v) is 3.26. The summed E-state index contributed by atoms with van der Waals surface area (Å²) in [5.74, 6) is 0. The number of carbonyl (C=O) groups excluding carboxylic acids is 1. The van der Waals surface area contributed by atoms with Crippen LogP contribution in [0.2, 0.25) is 0 Å². The van der Waals surface area contributed by atoms with Crippen molar-refractivity contribution in [3.8, 4) is 0 Å². The van der Waals surface area contributed by atoms with E-state index in [9.17, 15) is 9.90 Å². The highest BCUT2D eigenvalue weighted by molar-refractivity contribution is 5.54. The summed E-state index contributed by atoms with van der Waals surface area (Å²) in [6.07, 6.45) is -1.75. The van der Waals surface area contributed by atoms with Crippen LogP contribution in [0, 0.1) is 5.41 Å². The molecule has 0 bridgehead atoms. The number of carbonyl (C=O) groups is 1. The molecule has 0 rings (SSSR count). The third-order valence-electron chi connectivity index (χ3n) is 1.50. The van der Waals surface area contributed by atoms with Gasteiger partial charge in [0.15, 0.2) is 0 Å². The Morgan fingerprint density at radius 1 is 1.25 bits per heavy atom. The van der Waals surface area contributed by atoms with E-state index in [0.717, 1.165) is 0 Å². The standard InChI is InChI=1S/C6H12O6/c7-1-6(2-8,3-9)4-12-5(10)11/h7-9H,1-4H2,(H,10,11)/p-1. The Morgan fingerprint density at radius 2 is 1.67 bits per heavy atom. The molecule has 72 valence electrons. The molecule has 0 aromatic rings. The Labute approximate surface area is 69.0 Å². The van der Waals surface area contributed by atoms with Crippen LogP contribution < -0.4 is 5.11 Å². The van der Waals surface area contributed by atoms with E-state index >= 15 is 0 Å². The van der Waals surface area contributed by atoms with Crippen molar-refractivity contribution in [3.05, 3.63) is 0 Å². The van der Waals surface area contributed by atoms with Gasteiger partial charge < -0.3 is 30.0 Å². The molecule has 0 fully saturated rings. The van der Waals surface area contributed by atoms with Crippen molar-refractivity contribution >= 4 is 6.16 Å². The smallest absolute Gasteiger partial charge is 0.252 e. The van der Waals surface area contributed by atoms with Gasteiger partial charge in [0, 0.05) is 6.61 Å². The van der Waals surface area contributed by atoms with E-state index < -0.39 is 38.0 Å². The average Bonchev–Trinajstić information content (AvgIpc) is 2.08. The Morgan fingerprint density at radius 3 is 1.92 bits per heavy atom. The SMILES string of the molecule is O=C([O-])OCC(CO)(CO)CO. The quantitative estimate of drug-likeness (QED) is 0.396. The Balaban J connectivity index is 4.01. The van der Waals surface area contributed by atoms with E-state index in [1.54, 1.807) is 0 Å².